The van der Waals surface area contributed by atoms with Crippen molar-refractivity contribution in [3.63, 3.8) is 0 Å². The molecule has 4 heteroatoms. The molecule has 0 bridgehead atoms. The van der Waals surface area contributed by atoms with Gasteiger partial charge in [-0.25, -0.2) is 5.01 Å². The summed E-state index contributed by atoms with van der Waals surface area (Å²) >= 11 is 0. The van der Waals surface area contributed by atoms with Crippen molar-refractivity contribution >= 4 is 25.3 Å². The number of nitrogens with zero attached hydrogens (tertiary/aromatic N) is 3. The number of hydrogen-bond donors (Lipinski definition) is 0. The molecule has 0 spiro atoms. The maximum atomic E-state index is 4.21. The van der Waals surface area contributed by atoms with E-state index in [4.69, 9.17) is 0 Å². The largest absolute Gasteiger partial charge is 0.332 e. The Hall–Kier alpha value is -1.29. The van der Waals surface area contributed by atoms with Crippen LogP contribution in [0.3, 0.4) is 0 Å². The topological polar surface area (TPSA) is 18.8 Å². The Morgan fingerprint density at radius 3 is 2.19 bits per heavy atom. The number of hydrazone groups is 1. The molecular weight excluding hydrogens is 214 g/mol. The molecule has 1 aromatic rings. The molecule has 2 radical (unpaired) electrons. The third kappa shape index (κ3) is 2.27. The molecule has 0 fully saturated rings. The van der Waals surface area contributed by atoms with E-state index in [1.165, 1.54) is 5.19 Å². The van der Waals surface area contributed by atoms with Crippen LogP contribution in [0.15, 0.2) is 29.4 Å². The molecule has 0 saturated carbocycles. The van der Waals surface area contributed by atoms with Gasteiger partial charge in [0, 0.05) is 7.05 Å². The fraction of sp³-hybridized carbons (Fsp3) is 0.333. The van der Waals surface area contributed by atoms with Gasteiger partial charge in [-0.1, -0.05) is 37.0 Å². The first-order valence-electron chi connectivity index (χ1n) is 5.41. The maximum Gasteiger partial charge on any atom is 0.232 e. The van der Waals surface area contributed by atoms with E-state index in [2.05, 4.69) is 55.7 Å². The molecule has 0 atom stereocenters. The highest BCUT2D eigenvalue weighted by Crippen LogP contribution is 2.18. The Morgan fingerprint density at radius 1 is 1.12 bits per heavy atom. The van der Waals surface area contributed by atoms with Gasteiger partial charge in [0.2, 0.25) is 6.67 Å². The fourth-order valence-electron chi connectivity index (χ4n) is 1.56. The summed E-state index contributed by atoms with van der Waals surface area (Å²) in [6, 6.07) is 8.63. The van der Waals surface area contributed by atoms with E-state index in [1.54, 1.807) is 11.3 Å². The summed E-state index contributed by atoms with van der Waals surface area (Å²) in [7, 11) is 0.720. The second-order valence-electron chi connectivity index (χ2n) is 5.05. The lowest BCUT2D eigenvalue weighted by Gasteiger charge is -2.18. The van der Waals surface area contributed by atoms with Crippen LogP contribution in [0.25, 0.3) is 0 Å². The molecule has 84 valence electrons. The van der Waals surface area contributed by atoms with E-state index >= 15 is 0 Å². The molecule has 2 rings (SSSR count). The number of anilines is 1. The van der Waals surface area contributed by atoms with Gasteiger partial charge in [0.15, 0.2) is 0 Å². The van der Waals surface area contributed by atoms with Gasteiger partial charge in [-0.3, -0.25) is 0 Å². The fourth-order valence-corrected chi connectivity index (χ4v) is 2.72. The molecule has 0 amide bonds. The molecule has 3 nitrogen and oxygen atoms in total. The molecular formula is C12H17N3Si. The highest BCUT2D eigenvalue weighted by Gasteiger charge is 2.18. The van der Waals surface area contributed by atoms with Crippen molar-refractivity contribution in [1.29, 1.82) is 0 Å². The van der Waals surface area contributed by atoms with Crippen LogP contribution in [0.2, 0.25) is 19.6 Å². The zero-order chi connectivity index (χ0) is 11.8. The van der Waals surface area contributed by atoms with Crippen molar-refractivity contribution in [3.05, 3.63) is 30.9 Å². The van der Waals surface area contributed by atoms with E-state index in [-0.39, 0.29) is 0 Å². The highest BCUT2D eigenvalue weighted by atomic mass is 28.3. The third-order valence-corrected chi connectivity index (χ3v) is 4.64. The average molecular weight is 231 g/mol. The van der Waals surface area contributed by atoms with Crippen LogP contribution in [-0.2, 0) is 0 Å². The van der Waals surface area contributed by atoms with Crippen LogP contribution in [0.1, 0.15) is 0 Å². The van der Waals surface area contributed by atoms with Crippen LogP contribution in [-0.4, -0.2) is 26.4 Å². The van der Waals surface area contributed by atoms with E-state index < -0.39 is 8.07 Å². The van der Waals surface area contributed by atoms with Crippen LogP contribution in [0, 0.1) is 6.67 Å². The lowest BCUT2D eigenvalue weighted by Crippen LogP contribution is -2.37. The zero-order valence-corrected chi connectivity index (χ0v) is 11.2. The Kier molecular flexibility index (Phi) is 2.76. The Bertz CT molecular complexity index is 392. The predicted octanol–water partition coefficient (Wildman–Crippen LogP) is 1.92. The lowest BCUT2D eigenvalue weighted by atomic mass is 10.3. The molecule has 1 aliphatic rings. The van der Waals surface area contributed by atoms with E-state index in [0.29, 0.717) is 0 Å². The molecule has 0 saturated heterocycles. The van der Waals surface area contributed by atoms with Gasteiger partial charge < -0.3 is 4.90 Å². The molecule has 0 N–H and O–H groups in total. The molecule has 0 aliphatic carbocycles. The maximum absolute atomic E-state index is 4.21. The molecule has 16 heavy (non-hydrogen) atoms. The monoisotopic (exact) mass is 231 g/mol. The summed E-state index contributed by atoms with van der Waals surface area (Å²) in [6.45, 7) is 10.1. The molecule has 1 aromatic carbocycles. The summed E-state index contributed by atoms with van der Waals surface area (Å²) in [6.07, 6.45) is 1.74. The van der Waals surface area contributed by atoms with Crippen molar-refractivity contribution in [3.8, 4) is 0 Å². The van der Waals surface area contributed by atoms with Gasteiger partial charge in [-0.05, 0) is 12.1 Å². The van der Waals surface area contributed by atoms with Crippen LogP contribution in [0.4, 0.5) is 5.69 Å². The second kappa shape index (κ2) is 3.94. The Morgan fingerprint density at radius 2 is 1.75 bits per heavy atom. The minimum absolute atomic E-state index is 1.06. The van der Waals surface area contributed by atoms with E-state index in [0.717, 1.165) is 5.69 Å². The zero-order valence-electron chi connectivity index (χ0n) is 10.2. The quantitative estimate of drug-likeness (QED) is 0.724. The van der Waals surface area contributed by atoms with Crippen molar-refractivity contribution < 1.29 is 0 Å². The van der Waals surface area contributed by atoms with Crippen molar-refractivity contribution in [2.24, 2.45) is 5.10 Å². The molecule has 1 heterocycles. The van der Waals surface area contributed by atoms with Gasteiger partial charge >= 0.3 is 0 Å². The highest BCUT2D eigenvalue weighted by molar-refractivity contribution is 6.88. The van der Waals surface area contributed by atoms with Crippen LogP contribution < -0.4 is 10.2 Å². The SMILES string of the molecule is CN1[C]N(c2ccc([Si](C)(C)C)cc2)N=C1. The summed E-state index contributed by atoms with van der Waals surface area (Å²) < 4.78 is 0. The summed E-state index contributed by atoms with van der Waals surface area (Å²) in [5.74, 6) is 0. The Balaban J connectivity index is 2.17. The van der Waals surface area contributed by atoms with E-state index in [1.807, 2.05) is 11.9 Å². The second-order valence-corrected chi connectivity index (χ2v) is 10.1. The normalized spacial score (nSPS) is 16.0. The predicted molar refractivity (Wildman–Crippen MR) is 71.4 cm³/mol. The van der Waals surface area contributed by atoms with Gasteiger partial charge in [-0.15, -0.1) is 0 Å². The van der Waals surface area contributed by atoms with Crippen LogP contribution >= 0.6 is 0 Å². The molecule has 0 aromatic heterocycles. The van der Waals surface area contributed by atoms with Gasteiger partial charge in [0.25, 0.3) is 0 Å². The van der Waals surface area contributed by atoms with E-state index in [9.17, 15) is 0 Å². The number of rotatable bonds is 2. The minimum Gasteiger partial charge on any atom is -0.332 e. The van der Waals surface area contributed by atoms with Crippen molar-refractivity contribution in [1.82, 2.24) is 4.90 Å². The minimum atomic E-state index is -1.20. The number of benzene rings is 1. The first-order valence-corrected chi connectivity index (χ1v) is 8.91. The van der Waals surface area contributed by atoms with Gasteiger partial charge in [0.05, 0.1) is 13.8 Å². The first kappa shape index (κ1) is 11.2. The van der Waals surface area contributed by atoms with Crippen molar-refractivity contribution in [2.75, 3.05) is 12.1 Å². The van der Waals surface area contributed by atoms with Gasteiger partial charge in [-0.2, -0.15) is 5.10 Å². The first-order chi connectivity index (χ1) is 7.47. The van der Waals surface area contributed by atoms with Crippen LogP contribution in [0.5, 0.6) is 0 Å². The number of hydrogen-bond acceptors (Lipinski definition) is 3. The van der Waals surface area contributed by atoms with Gasteiger partial charge in [0.1, 0.15) is 6.34 Å². The lowest BCUT2D eigenvalue weighted by molar-refractivity contribution is 0.641. The molecule has 1 aliphatic heterocycles. The summed E-state index contributed by atoms with van der Waals surface area (Å²) in [4.78, 5) is 1.81. The summed E-state index contributed by atoms with van der Waals surface area (Å²) in [5.41, 5.74) is 1.06. The smallest absolute Gasteiger partial charge is 0.232 e. The standard InChI is InChI=1S/C12H17N3Si/c1-14-9-13-15(10-14)11-5-7-12(8-6-11)16(2,3)4/h5-9H,1-4H3. The summed E-state index contributed by atoms with van der Waals surface area (Å²) in [5, 5.41) is 7.44. The van der Waals surface area contributed by atoms with Crippen molar-refractivity contribution in [2.45, 2.75) is 19.6 Å². The third-order valence-electron chi connectivity index (χ3n) is 2.57. The average Bonchev–Trinajstić information content (AvgIpc) is 2.64. The molecule has 0 unspecified atom stereocenters. The Labute approximate surface area is 98.4 Å².